The maximum atomic E-state index is 13.9. The molecule has 0 saturated carbocycles. The Morgan fingerprint density at radius 3 is 2.26 bits per heavy atom. The van der Waals surface area contributed by atoms with Crippen molar-refractivity contribution in [1.29, 1.82) is 0 Å². The molecule has 0 amide bonds. The maximum absolute atomic E-state index is 13.9. The van der Waals surface area contributed by atoms with Gasteiger partial charge in [0.1, 0.15) is 17.6 Å². The molecular formula is C32H53NO10. The number of methoxy groups -OCH3 is 1. The first kappa shape index (κ1) is 37.0. The molecule has 43 heavy (non-hydrogen) atoms. The second-order valence-electron chi connectivity index (χ2n) is 13.0. The second-order valence-corrected chi connectivity index (χ2v) is 13.0. The molecule has 0 radical (unpaired) electrons. The van der Waals surface area contributed by atoms with Crippen molar-refractivity contribution < 1.29 is 48.0 Å². The van der Waals surface area contributed by atoms with Crippen LogP contribution in [-0.2, 0) is 42.9 Å². The minimum atomic E-state index is -1.64. The number of aliphatic hydroxyl groups is 1. The molecule has 246 valence electrons. The van der Waals surface area contributed by atoms with Crippen molar-refractivity contribution in [3.63, 3.8) is 0 Å². The summed E-state index contributed by atoms with van der Waals surface area (Å²) in [4.78, 5) is 54.8. The van der Waals surface area contributed by atoms with E-state index in [2.05, 4.69) is 0 Å². The number of allylic oxidation sites excluding steroid dienone is 1. The van der Waals surface area contributed by atoms with Gasteiger partial charge < -0.3 is 33.7 Å². The highest BCUT2D eigenvalue weighted by atomic mass is 16.7. The summed E-state index contributed by atoms with van der Waals surface area (Å²) in [5.74, 6) is -4.73. The van der Waals surface area contributed by atoms with Crippen LogP contribution in [0.2, 0.25) is 0 Å². The number of ketones is 2. The van der Waals surface area contributed by atoms with E-state index in [0.717, 1.165) is 0 Å². The molecule has 11 heteroatoms. The Morgan fingerprint density at radius 2 is 1.74 bits per heavy atom. The number of nitrogens with zero attached hydrogens (tertiary/aromatic N) is 1. The fourth-order valence-corrected chi connectivity index (χ4v) is 6.42. The van der Waals surface area contributed by atoms with Gasteiger partial charge in [-0.25, -0.2) is 0 Å². The second kappa shape index (κ2) is 14.7. The average molecular weight is 612 g/mol. The summed E-state index contributed by atoms with van der Waals surface area (Å²) in [6, 6.07) is -0.239. The summed E-state index contributed by atoms with van der Waals surface area (Å²) in [6.07, 6.45) is -1.76. The molecule has 1 fully saturated rings. The van der Waals surface area contributed by atoms with Crippen LogP contribution in [0.15, 0.2) is 11.6 Å². The van der Waals surface area contributed by atoms with Crippen molar-refractivity contribution in [3.05, 3.63) is 11.6 Å². The Bertz CT molecular complexity index is 1050. The van der Waals surface area contributed by atoms with Crippen molar-refractivity contribution in [2.45, 2.75) is 130 Å². The normalized spacial score (nSPS) is 40.5. The number of rotatable bonds is 6. The van der Waals surface area contributed by atoms with Crippen LogP contribution in [0.4, 0.5) is 0 Å². The predicted molar refractivity (Wildman–Crippen MR) is 159 cm³/mol. The summed E-state index contributed by atoms with van der Waals surface area (Å²) in [5.41, 5.74) is -2.56. The third kappa shape index (κ3) is 8.72. The number of carbonyl (C=O) groups is 4. The molecule has 2 rings (SSSR count). The quantitative estimate of drug-likeness (QED) is 0.350. The molecule has 1 saturated heterocycles. The van der Waals surface area contributed by atoms with Gasteiger partial charge >= 0.3 is 11.9 Å². The standard InChI is InChI=1S/C32H53NO10/c1-13-24-31(8,38)15-17(2)25(35)18(3)16-32(9,39-12)28(20(5)26(36)21(6)29(37)42-24)43-30-27(41-22(7)34)23(33(10)11)14-19(4)40-30/h15,18-21,23-24,27-28,30,38H,13-14,16H2,1-12H3/t18-,19?,20+,21-,23?,24-,27?,28-,30?,31+,32-/m1/s1. The lowest BCUT2D eigenvalue weighted by molar-refractivity contribution is -0.297. The highest BCUT2D eigenvalue weighted by Gasteiger charge is 2.50. The van der Waals surface area contributed by atoms with Gasteiger partial charge in [0.25, 0.3) is 0 Å². The summed E-state index contributed by atoms with van der Waals surface area (Å²) in [7, 11) is 5.22. The van der Waals surface area contributed by atoms with E-state index >= 15 is 0 Å². The molecule has 2 aliphatic rings. The number of carbonyl (C=O) groups excluding carboxylic acids is 4. The number of cyclic esters (lactones) is 1. The van der Waals surface area contributed by atoms with E-state index in [9.17, 15) is 24.3 Å². The lowest BCUT2D eigenvalue weighted by Gasteiger charge is -2.47. The van der Waals surface area contributed by atoms with Gasteiger partial charge in [-0.05, 0) is 79.6 Å². The molecule has 0 aromatic carbocycles. The lowest BCUT2D eigenvalue weighted by Crippen LogP contribution is -2.60. The van der Waals surface area contributed by atoms with E-state index in [1.54, 1.807) is 34.6 Å². The van der Waals surface area contributed by atoms with Gasteiger partial charge in [0.2, 0.25) is 0 Å². The third-order valence-electron chi connectivity index (χ3n) is 8.92. The van der Waals surface area contributed by atoms with E-state index in [1.165, 1.54) is 34.0 Å². The van der Waals surface area contributed by atoms with Gasteiger partial charge in [-0.2, -0.15) is 0 Å². The summed E-state index contributed by atoms with van der Waals surface area (Å²) in [5, 5.41) is 11.2. The van der Waals surface area contributed by atoms with Crippen LogP contribution in [-0.4, -0.2) is 103 Å². The smallest absolute Gasteiger partial charge is 0.316 e. The molecular weight excluding hydrogens is 558 g/mol. The van der Waals surface area contributed by atoms with Crippen molar-refractivity contribution in [2.24, 2.45) is 17.8 Å². The van der Waals surface area contributed by atoms with Gasteiger partial charge in [-0.15, -0.1) is 0 Å². The van der Waals surface area contributed by atoms with Crippen LogP contribution in [0, 0.1) is 17.8 Å². The van der Waals surface area contributed by atoms with Crippen molar-refractivity contribution >= 4 is 23.5 Å². The molecule has 0 aromatic heterocycles. The van der Waals surface area contributed by atoms with Crippen LogP contribution in [0.25, 0.3) is 0 Å². The molecule has 1 N–H and O–H groups in total. The van der Waals surface area contributed by atoms with Crippen molar-refractivity contribution in [2.75, 3.05) is 21.2 Å². The van der Waals surface area contributed by atoms with Gasteiger partial charge in [0.15, 0.2) is 24.0 Å². The fraction of sp³-hybridized carbons (Fsp3) is 0.812. The average Bonchev–Trinajstić information content (AvgIpc) is 2.92. The Morgan fingerprint density at radius 1 is 1.14 bits per heavy atom. The predicted octanol–water partition coefficient (Wildman–Crippen LogP) is 3.24. The van der Waals surface area contributed by atoms with Gasteiger partial charge in [0.05, 0.1) is 23.9 Å². The molecule has 2 heterocycles. The number of hydrogen-bond donors (Lipinski definition) is 1. The largest absolute Gasteiger partial charge is 0.458 e. The van der Waals surface area contributed by atoms with Crippen LogP contribution in [0.1, 0.15) is 81.6 Å². The van der Waals surface area contributed by atoms with E-state index in [0.29, 0.717) is 12.0 Å². The first-order valence-electron chi connectivity index (χ1n) is 15.2. The van der Waals surface area contributed by atoms with Gasteiger partial charge in [0, 0.05) is 25.9 Å². The van der Waals surface area contributed by atoms with Crippen molar-refractivity contribution in [1.82, 2.24) is 4.90 Å². The number of hydrogen-bond acceptors (Lipinski definition) is 11. The van der Waals surface area contributed by atoms with Gasteiger partial charge in [-0.1, -0.05) is 20.8 Å². The molecule has 2 aliphatic heterocycles. The molecule has 11 nitrogen and oxygen atoms in total. The van der Waals surface area contributed by atoms with Gasteiger partial charge in [-0.3, -0.25) is 19.2 Å². The zero-order valence-electron chi connectivity index (χ0n) is 28.0. The van der Waals surface area contributed by atoms with E-state index in [4.69, 9.17) is 23.7 Å². The summed E-state index contributed by atoms with van der Waals surface area (Å²) in [6.45, 7) is 14.6. The van der Waals surface area contributed by atoms with E-state index in [-0.39, 0.29) is 30.8 Å². The van der Waals surface area contributed by atoms with E-state index in [1.807, 2.05) is 25.9 Å². The number of Topliss-reactive ketones (excluding diaryl/α,β-unsaturated/α-hetero) is 2. The minimum absolute atomic E-state index is 0.144. The summed E-state index contributed by atoms with van der Waals surface area (Å²) >= 11 is 0. The molecule has 11 atom stereocenters. The molecule has 0 aromatic rings. The van der Waals surface area contributed by atoms with Crippen LogP contribution >= 0.6 is 0 Å². The molecule has 0 bridgehead atoms. The Kier molecular flexibility index (Phi) is 12.7. The SMILES string of the molecule is CC[C@H]1OC(=O)[C@H](C)C(=O)[C@H](C)[C@@H](OC2OC(C)CC(N(C)C)C2OC(C)=O)[C@](C)(OC)C[C@@H](C)C(=O)C(C)=C[C@]1(C)O. The zero-order chi connectivity index (χ0) is 33.0. The minimum Gasteiger partial charge on any atom is -0.458 e. The molecule has 4 unspecified atom stereocenters. The maximum Gasteiger partial charge on any atom is 0.316 e. The number of ether oxygens (including phenoxy) is 5. The van der Waals surface area contributed by atoms with Crippen molar-refractivity contribution in [3.8, 4) is 0 Å². The van der Waals surface area contributed by atoms with Crippen LogP contribution in [0.3, 0.4) is 0 Å². The first-order chi connectivity index (χ1) is 19.8. The highest BCUT2D eigenvalue weighted by Crippen LogP contribution is 2.38. The van der Waals surface area contributed by atoms with Crippen LogP contribution in [0.5, 0.6) is 0 Å². The molecule has 0 spiro atoms. The lowest BCUT2D eigenvalue weighted by atomic mass is 9.77. The monoisotopic (exact) mass is 611 g/mol. The van der Waals surface area contributed by atoms with E-state index < -0.39 is 71.3 Å². The topological polar surface area (TPSA) is 138 Å². The molecule has 0 aliphatic carbocycles. The highest BCUT2D eigenvalue weighted by molar-refractivity contribution is 6.00. The Labute approximate surface area is 256 Å². The third-order valence-corrected chi connectivity index (χ3v) is 8.92. The summed E-state index contributed by atoms with van der Waals surface area (Å²) < 4.78 is 30.2. The first-order valence-corrected chi connectivity index (χ1v) is 15.2. The number of esters is 2. The fourth-order valence-electron chi connectivity index (χ4n) is 6.42. The Hall–Kier alpha value is -2.18. The number of likely N-dealkylation sites (N-methyl/N-ethyl adjacent to an activating group) is 1. The van der Waals surface area contributed by atoms with Crippen LogP contribution < -0.4 is 0 Å². The zero-order valence-corrected chi connectivity index (χ0v) is 28.0. The Balaban J connectivity index is 2.68.